The molecule has 0 spiro atoms. The predicted octanol–water partition coefficient (Wildman–Crippen LogP) is -1.38. The third-order valence-electron chi connectivity index (χ3n) is 4.76. The molecule has 2 fully saturated rings. The Bertz CT molecular complexity index is 944. The van der Waals surface area contributed by atoms with E-state index >= 15 is 0 Å². The monoisotopic (exact) mass is 406 g/mol. The van der Waals surface area contributed by atoms with E-state index in [1.165, 1.54) is 0 Å². The fourth-order valence-corrected chi connectivity index (χ4v) is 6.36. The maximum absolute atomic E-state index is 12.6. The van der Waals surface area contributed by atoms with E-state index in [2.05, 4.69) is 0 Å². The molecule has 2 saturated heterocycles. The van der Waals surface area contributed by atoms with E-state index in [0.29, 0.717) is 5.56 Å². The third kappa shape index (κ3) is 2.32. The summed E-state index contributed by atoms with van der Waals surface area (Å²) >= 11 is 0. The zero-order valence-corrected chi connectivity index (χ0v) is 14.8. The molecule has 0 aliphatic carbocycles. The van der Waals surface area contributed by atoms with Crippen molar-refractivity contribution in [2.45, 2.75) is 24.5 Å². The van der Waals surface area contributed by atoms with E-state index in [0.717, 1.165) is 4.90 Å². The van der Waals surface area contributed by atoms with Crippen molar-refractivity contribution in [1.82, 2.24) is 4.90 Å². The van der Waals surface area contributed by atoms with Gasteiger partial charge in [0.15, 0.2) is 6.04 Å². The molecule has 4 N–H and O–H groups in total. The van der Waals surface area contributed by atoms with Gasteiger partial charge in [0.2, 0.25) is 11.9 Å². The lowest BCUT2D eigenvalue weighted by atomic mass is 9.99. The summed E-state index contributed by atoms with van der Waals surface area (Å²) in [6.07, 6.45) is -0.233. The van der Waals surface area contributed by atoms with E-state index in [-0.39, 0.29) is 13.0 Å². The van der Waals surface area contributed by atoms with Crippen LogP contribution in [-0.2, 0) is 30.2 Å². The van der Waals surface area contributed by atoms with Crippen LogP contribution >= 0.6 is 0 Å². The minimum absolute atomic E-state index is 0.147. The summed E-state index contributed by atoms with van der Waals surface area (Å²) in [5.74, 6) is -2.22. The lowest BCUT2D eigenvalue weighted by Gasteiger charge is -2.44. The van der Waals surface area contributed by atoms with Gasteiger partial charge in [0.25, 0.3) is 0 Å². The van der Waals surface area contributed by atoms with Crippen molar-refractivity contribution in [2.75, 3.05) is 6.54 Å². The molecule has 2 heterocycles. The van der Waals surface area contributed by atoms with Crippen LogP contribution in [-0.4, -0.2) is 64.6 Å². The summed E-state index contributed by atoms with van der Waals surface area (Å²) in [4.78, 5) is 26.0. The second-order valence-electron chi connectivity index (χ2n) is 6.05. The first kappa shape index (κ1) is 18.9. The van der Waals surface area contributed by atoms with Gasteiger partial charge in [0, 0.05) is 16.3 Å². The number of benzene rings is 1. The van der Waals surface area contributed by atoms with Gasteiger partial charge in [0.1, 0.15) is 6.04 Å². The lowest BCUT2D eigenvalue weighted by molar-refractivity contribution is -0.676. The number of nitrogens with two attached hydrogens (primary N) is 1. The van der Waals surface area contributed by atoms with Crippen molar-refractivity contribution in [3.63, 3.8) is 0 Å². The number of amides is 2. The van der Waals surface area contributed by atoms with Crippen LogP contribution in [0.15, 0.2) is 30.3 Å². The molecule has 0 bridgehead atoms. The molecule has 13 heteroatoms. The molecule has 2 aliphatic rings. The van der Waals surface area contributed by atoms with Crippen LogP contribution in [0.4, 0.5) is 0 Å². The average molecular weight is 406 g/mol. The van der Waals surface area contributed by atoms with Crippen LogP contribution < -0.4 is 5.73 Å². The zero-order valence-electron chi connectivity index (χ0n) is 13.2. The quantitative estimate of drug-likeness (QED) is 0.309. The van der Waals surface area contributed by atoms with Gasteiger partial charge in [-0.05, 0) is 5.56 Å². The van der Waals surface area contributed by atoms with Gasteiger partial charge in [-0.25, -0.2) is 13.9 Å². The van der Waals surface area contributed by atoms with Crippen LogP contribution in [0.2, 0.25) is 0 Å². The van der Waals surface area contributed by atoms with Gasteiger partial charge in [-0.1, -0.05) is 30.3 Å². The Morgan fingerprint density at radius 1 is 1.15 bits per heavy atom. The molecule has 142 valence electrons. The minimum Gasteiger partial charge on any atom is -0.320 e. The van der Waals surface area contributed by atoms with Crippen LogP contribution in [0, 0.1) is 0 Å². The second kappa shape index (κ2) is 5.80. The van der Waals surface area contributed by atoms with Crippen molar-refractivity contribution in [1.29, 1.82) is 0 Å². The summed E-state index contributed by atoms with van der Waals surface area (Å²) < 4.78 is 62.5. The molecular formula is C13H16N3O8S2+. The van der Waals surface area contributed by atoms with Crippen LogP contribution in [0.5, 0.6) is 0 Å². The van der Waals surface area contributed by atoms with Gasteiger partial charge in [-0.3, -0.25) is 4.79 Å². The molecule has 3 rings (SSSR count). The molecule has 3 atom stereocenters. The average Bonchev–Trinajstić information content (AvgIpc) is 2.91. The number of hydrogen-bond donors (Lipinski definition) is 3. The zero-order chi connectivity index (χ0) is 19.5. The summed E-state index contributed by atoms with van der Waals surface area (Å²) in [7, 11) is -11.1. The van der Waals surface area contributed by atoms with E-state index < -0.39 is 53.8 Å². The number of carbonyl (C=O) groups is 2. The molecule has 1 aromatic rings. The Kier molecular flexibility index (Phi) is 4.21. The SMILES string of the molecule is N[C@H](C(=O)N1CC[C@@H]2[C@H]1C(=O)[N+]2(S(=O)(=O)O)S(=O)(=O)O)c1ccccc1. The van der Waals surface area contributed by atoms with Gasteiger partial charge < -0.3 is 10.6 Å². The first-order valence-electron chi connectivity index (χ1n) is 7.44. The van der Waals surface area contributed by atoms with Crippen LogP contribution in [0.25, 0.3) is 0 Å². The maximum atomic E-state index is 12.6. The van der Waals surface area contributed by atoms with Gasteiger partial charge >= 0.3 is 26.5 Å². The smallest absolute Gasteiger partial charge is 0.320 e. The Labute approximate surface area is 149 Å². The van der Waals surface area contributed by atoms with Crippen molar-refractivity contribution in [3.8, 4) is 0 Å². The van der Waals surface area contributed by atoms with Crippen molar-refractivity contribution < 1.29 is 38.8 Å². The molecule has 0 aromatic heterocycles. The number of hydrogen-bond acceptors (Lipinski definition) is 7. The molecule has 0 saturated carbocycles. The Morgan fingerprint density at radius 2 is 1.69 bits per heavy atom. The highest BCUT2D eigenvalue weighted by Gasteiger charge is 2.81. The normalized spacial score (nSPS) is 26.1. The molecule has 2 aliphatic heterocycles. The number of nitrogens with zero attached hydrogens (tertiary/aromatic N) is 2. The Morgan fingerprint density at radius 3 is 2.19 bits per heavy atom. The highest BCUT2D eigenvalue weighted by molar-refractivity contribution is 7.93. The van der Waals surface area contributed by atoms with Crippen molar-refractivity contribution >= 4 is 32.4 Å². The molecule has 1 aromatic carbocycles. The van der Waals surface area contributed by atoms with E-state index in [1.807, 2.05) is 0 Å². The van der Waals surface area contributed by atoms with Gasteiger partial charge in [-0.15, -0.1) is 16.8 Å². The number of carbonyl (C=O) groups excluding carboxylic acids is 2. The van der Waals surface area contributed by atoms with E-state index in [9.17, 15) is 35.5 Å². The van der Waals surface area contributed by atoms with E-state index in [4.69, 9.17) is 5.73 Å². The van der Waals surface area contributed by atoms with Gasteiger partial charge in [-0.2, -0.15) is 0 Å². The maximum Gasteiger partial charge on any atom is 0.457 e. The van der Waals surface area contributed by atoms with Crippen molar-refractivity contribution in [3.05, 3.63) is 35.9 Å². The highest BCUT2D eigenvalue weighted by Crippen LogP contribution is 2.46. The van der Waals surface area contributed by atoms with E-state index in [1.54, 1.807) is 30.3 Å². The molecule has 11 nitrogen and oxygen atoms in total. The molecule has 2 amide bonds. The summed E-state index contributed by atoms with van der Waals surface area (Å²) in [6.45, 7) is -0.147. The first-order valence-corrected chi connectivity index (χ1v) is 10.2. The predicted molar refractivity (Wildman–Crippen MR) is 85.6 cm³/mol. The van der Waals surface area contributed by atoms with Crippen LogP contribution in [0.1, 0.15) is 18.0 Å². The number of β-lactam (4-membered cyclic amide) rings is 1. The van der Waals surface area contributed by atoms with Crippen LogP contribution in [0.3, 0.4) is 0 Å². The largest absolute Gasteiger partial charge is 0.457 e. The number of rotatable bonds is 4. The fourth-order valence-electron chi connectivity index (χ4n) is 3.61. The summed E-state index contributed by atoms with van der Waals surface area (Å²) in [5, 5.41) is 0. The summed E-state index contributed by atoms with van der Waals surface area (Å²) in [6, 6.07) is 4.13. The topological polar surface area (TPSA) is 172 Å². The minimum atomic E-state index is -5.53. The second-order valence-corrected chi connectivity index (χ2v) is 9.23. The fraction of sp³-hybridized carbons (Fsp3) is 0.385. The highest BCUT2D eigenvalue weighted by atomic mass is 32.3. The first-order chi connectivity index (χ1) is 11.9. The third-order valence-corrected chi connectivity index (χ3v) is 8.16. The number of likely N-dealkylation sites (tertiary alicyclic amines) is 1. The molecule has 0 unspecified atom stereocenters. The molecule has 0 radical (unpaired) electrons. The number of fused-ring (bicyclic) bond motifs is 1. The lowest BCUT2D eigenvalue weighted by Crippen LogP contribution is -2.81. The van der Waals surface area contributed by atoms with Gasteiger partial charge in [0.05, 0.1) is 0 Å². The molecular weight excluding hydrogens is 390 g/mol. The summed E-state index contributed by atoms with van der Waals surface area (Å²) in [5.41, 5.74) is 6.35. The Hall–Kier alpha value is -1.90. The number of quaternary nitrogens is 1. The standard InChI is InChI=1S/C13H15N3O8S2/c14-10(8-4-2-1-3-5-8)12(17)15-7-6-9-11(15)13(18)16(9,25(19,20)21)26(22,23)24/h1-5,9-11H,6-7,14H2,(H-,19,20,21,22,23,24)/p+1/t9-,10+,11+/m1/s1. The Balaban J connectivity index is 1.94. The van der Waals surface area contributed by atoms with Crippen molar-refractivity contribution in [2.24, 2.45) is 5.73 Å². The molecule has 26 heavy (non-hydrogen) atoms.